The normalized spacial score (nSPS) is 12.0. The number of rotatable bonds is 3. The fourth-order valence-corrected chi connectivity index (χ4v) is 5.29. The van der Waals surface area contributed by atoms with Gasteiger partial charge in [0, 0.05) is 15.5 Å². The van der Waals surface area contributed by atoms with Gasteiger partial charge in [0.15, 0.2) is 0 Å². The van der Waals surface area contributed by atoms with Crippen molar-refractivity contribution in [2.24, 2.45) is 0 Å². The molecular weight excluding hydrogens is 338 g/mol. The predicted molar refractivity (Wildman–Crippen MR) is 90.0 cm³/mol. The maximum atomic E-state index is 12.6. The summed E-state index contributed by atoms with van der Waals surface area (Å²) in [6.07, 6.45) is 0. The van der Waals surface area contributed by atoms with Crippen LogP contribution >= 0.6 is 23.1 Å². The molecule has 0 saturated heterocycles. The average Bonchev–Trinajstić information content (AvgIpc) is 3.13. The van der Waals surface area contributed by atoms with Gasteiger partial charge in [0.05, 0.1) is 17.4 Å². The summed E-state index contributed by atoms with van der Waals surface area (Å²) in [5.74, 6) is 0. The average molecular weight is 347 g/mol. The van der Waals surface area contributed by atoms with Gasteiger partial charge >= 0.3 is 0 Å². The number of benzene rings is 2. The van der Waals surface area contributed by atoms with Crippen LogP contribution in [0.25, 0.3) is 21.1 Å². The number of aromatic nitrogens is 2. The molecule has 5 nitrogen and oxygen atoms in total. The van der Waals surface area contributed by atoms with Crippen molar-refractivity contribution >= 4 is 59.9 Å². The highest BCUT2D eigenvalue weighted by Crippen LogP contribution is 2.30. The van der Waals surface area contributed by atoms with Crippen molar-refractivity contribution < 1.29 is 8.42 Å². The van der Waals surface area contributed by atoms with Crippen molar-refractivity contribution in [3.8, 4) is 0 Å². The van der Waals surface area contributed by atoms with Crippen molar-refractivity contribution in [1.29, 1.82) is 0 Å². The molecule has 0 amide bonds. The van der Waals surface area contributed by atoms with Crippen LogP contribution in [0.5, 0.6) is 0 Å². The molecular formula is C14H9N3O2S3. The van der Waals surface area contributed by atoms with E-state index in [4.69, 9.17) is 0 Å². The number of nitrogens with one attached hydrogen (secondary N) is 1. The second-order valence-electron chi connectivity index (χ2n) is 4.67. The predicted octanol–water partition coefficient (Wildman–Crippen LogP) is 3.71. The molecule has 0 unspecified atom stereocenters. The first-order chi connectivity index (χ1) is 10.6. The highest BCUT2D eigenvalue weighted by molar-refractivity contribution is 7.93. The van der Waals surface area contributed by atoms with Crippen LogP contribution in [-0.2, 0) is 10.0 Å². The third-order valence-electron chi connectivity index (χ3n) is 3.24. The van der Waals surface area contributed by atoms with Crippen LogP contribution in [0.2, 0.25) is 0 Å². The number of hydrogen-bond donors (Lipinski definition) is 1. The number of sulfonamides is 1. The Kier molecular flexibility index (Phi) is 3.10. The minimum absolute atomic E-state index is 0.296. The topological polar surface area (TPSA) is 72.0 Å². The van der Waals surface area contributed by atoms with Gasteiger partial charge in [-0.3, -0.25) is 4.72 Å². The quantitative estimate of drug-likeness (QED) is 0.613. The van der Waals surface area contributed by atoms with Crippen molar-refractivity contribution in [2.75, 3.05) is 4.72 Å². The van der Waals surface area contributed by atoms with Gasteiger partial charge in [-0.25, -0.2) is 8.42 Å². The molecule has 8 heteroatoms. The van der Waals surface area contributed by atoms with E-state index in [9.17, 15) is 8.42 Å². The summed E-state index contributed by atoms with van der Waals surface area (Å²) >= 11 is 2.52. The Morgan fingerprint density at radius 1 is 1.00 bits per heavy atom. The molecule has 0 saturated carbocycles. The Morgan fingerprint density at radius 2 is 1.82 bits per heavy atom. The summed E-state index contributed by atoms with van der Waals surface area (Å²) in [6.45, 7) is 0. The van der Waals surface area contributed by atoms with Gasteiger partial charge in [0.1, 0.15) is 15.9 Å². The van der Waals surface area contributed by atoms with E-state index in [1.54, 1.807) is 23.6 Å². The minimum atomic E-state index is -3.63. The number of fused-ring (bicyclic) bond motifs is 2. The SMILES string of the molecule is O=S(=O)(Nc1ccc2nsnc2c1)c1csc2ccccc12. The Balaban J connectivity index is 1.77. The van der Waals surface area contributed by atoms with E-state index in [0.717, 1.165) is 27.3 Å². The minimum Gasteiger partial charge on any atom is -0.280 e. The van der Waals surface area contributed by atoms with Gasteiger partial charge < -0.3 is 0 Å². The van der Waals surface area contributed by atoms with Gasteiger partial charge in [-0.05, 0) is 24.3 Å². The monoisotopic (exact) mass is 347 g/mol. The smallest absolute Gasteiger partial charge is 0.263 e. The zero-order chi connectivity index (χ0) is 15.2. The van der Waals surface area contributed by atoms with Gasteiger partial charge in [-0.2, -0.15) is 8.75 Å². The highest BCUT2D eigenvalue weighted by Gasteiger charge is 2.19. The largest absolute Gasteiger partial charge is 0.280 e. The molecule has 0 spiro atoms. The van der Waals surface area contributed by atoms with Crippen LogP contribution in [0.3, 0.4) is 0 Å². The third kappa shape index (κ3) is 2.25. The van der Waals surface area contributed by atoms with Crippen molar-refractivity contribution in [2.45, 2.75) is 4.90 Å². The molecule has 0 aliphatic carbocycles. The van der Waals surface area contributed by atoms with E-state index in [2.05, 4.69) is 13.5 Å². The second-order valence-corrected chi connectivity index (χ2v) is 7.76. The maximum Gasteiger partial charge on any atom is 0.263 e. The number of anilines is 1. The van der Waals surface area contributed by atoms with E-state index in [1.165, 1.54) is 11.3 Å². The molecule has 2 aromatic heterocycles. The fourth-order valence-electron chi connectivity index (χ4n) is 2.22. The molecule has 0 fully saturated rings. The van der Waals surface area contributed by atoms with Crippen LogP contribution in [0.4, 0.5) is 5.69 Å². The fraction of sp³-hybridized carbons (Fsp3) is 0. The van der Waals surface area contributed by atoms with Crippen LogP contribution < -0.4 is 4.72 Å². The summed E-state index contributed by atoms with van der Waals surface area (Å²) in [5, 5.41) is 2.40. The van der Waals surface area contributed by atoms with Gasteiger partial charge in [0.2, 0.25) is 0 Å². The van der Waals surface area contributed by atoms with Gasteiger partial charge in [-0.1, -0.05) is 18.2 Å². The van der Waals surface area contributed by atoms with Crippen LogP contribution in [0.1, 0.15) is 0 Å². The number of hydrogen-bond acceptors (Lipinski definition) is 6. The molecule has 0 aliphatic heterocycles. The Bertz CT molecular complexity index is 1080. The molecule has 2 aromatic carbocycles. The van der Waals surface area contributed by atoms with E-state index in [1.807, 2.05) is 24.3 Å². The Morgan fingerprint density at radius 3 is 2.73 bits per heavy atom. The van der Waals surface area contributed by atoms with E-state index in [0.29, 0.717) is 16.1 Å². The van der Waals surface area contributed by atoms with E-state index in [-0.39, 0.29) is 0 Å². The molecule has 0 atom stereocenters. The second kappa shape index (κ2) is 5.01. The van der Waals surface area contributed by atoms with Crippen LogP contribution in [0.15, 0.2) is 52.7 Å². The van der Waals surface area contributed by atoms with Gasteiger partial charge in [0.25, 0.3) is 10.0 Å². The first-order valence-corrected chi connectivity index (χ1v) is 9.44. The van der Waals surface area contributed by atoms with Gasteiger partial charge in [-0.15, -0.1) is 11.3 Å². The molecule has 22 heavy (non-hydrogen) atoms. The number of nitrogens with zero attached hydrogens (tertiary/aromatic N) is 2. The standard InChI is InChI=1S/C14H9N3O2S3/c18-22(19,14-8-20-13-4-2-1-3-10(13)14)17-9-5-6-11-12(7-9)16-21-15-11/h1-8,17H. The zero-order valence-corrected chi connectivity index (χ0v) is 13.5. The number of thiophene rings is 1. The zero-order valence-electron chi connectivity index (χ0n) is 11.1. The molecule has 4 rings (SSSR count). The van der Waals surface area contributed by atoms with Crippen molar-refractivity contribution in [3.05, 3.63) is 47.8 Å². The Hall–Kier alpha value is -2.03. The highest BCUT2D eigenvalue weighted by atomic mass is 32.2. The molecule has 1 N–H and O–H groups in total. The molecule has 0 radical (unpaired) electrons. The molecule has 0 bridgehead atoms. The summed E-state index contributed by atoms with van der Waals surface area (Å²) in [7, 11) is -3.63. The Labute approximate surface area is 134 Å². The lowest BCUT2D eigenvalue weighted by Gasteiger charge is -2.07. The molecule has 0 aliphatic rings. The van der Waals surface area contributed by atoms with Crippen LogP contribution in [0, 0.1) is 0 Å². The summed E-state index contributed by atoms with van der Waals surface area (Å²) < 4.78 is 37.0. The summed E-state index contributed by atoms with van der Waals surface area (Å²) in [4.78, 5) is 0.296. The first kappa shape index (κ1) is 13.6. The van der Waals surface area contributed by atoms with Crippen molar-refractivity contribution in [1.82, 2.24) is 8.75 Å². The molecule has 4 aromatic rings. The summed E-state index contributed by atoms with van der Waals surface area (Å²) in [5.41, 5.74) is 1.92. The molecule has 110 valence electrons. The lowest BCUT2D eigenvalue weighted by molar-refractivity contribution is 0.602. The first-order valence-electron chi connectivity index (χ1n) is 6.35. The third-order valence-corrected chi connectivity index (χ3v) is 6.33. The molecule has 2 heterocycles. The summed E-state index contributed by atoms with van der Waals surface area (Å²) in [6, 6.07) is 12.6. The van der Waals surface area contributed by atoms with Crippen LogP contribution in [-0.4, -0.2) is 17.2 Å². The van der Waals surface area contributed by atoms with Crippen molar-refractivity contribution in [3.63, 3.8) is 0 Å². The van der Waals surface area contributed by atoms with E-state index < -0.39 is 10.0 Å². The maximum absolute atomic E-state index is 12.6. The van der Waals surface area contributed by atoms with E-state index >= 15 is 0 Å². The lowest BCUT2D eigenvalue weighted by atomic mass is 10.3. The lowest BCUT2D eigenvalue weighted by Crippen LogP contribution is -2.12.